The number of fused-ring (bicyclic) bond motifs is 2. The van der Waals surface area contributed by atoms with E-state index in [1.54, 1.807) is 4.90 Å². The minimum atomic E-state index is -4.28. The number of nitrogens with one attached hydrogen (secondary N) is 2. The first-order chi connectivity index (χ1) is 18.0. The lowest BCUT2D eigenvalue weighted by atomic mass is 9.89. The maximum atomic E-state index is 14.3. The van der Waals surface area contributed by atoms with Gasteiger partial charge in [-0.25, -0.2) is 9.37 Å². The van der Waals surface area contributed by atoms with Crippen molar-refractivity contribution in [3.05, 3.63) is 29.8 Å². The van der Waals surface area contributed by atoms with Gasteiger partial charge in [0.05, 0.1) is 19.0 Å². The third-order valence-electron chi connectivity index (χ3n) is 8.02. The zero-order chi connectivity index (χ0) is 27.2. The van der Waals surface area contributed by atoms with Gasteiger partial charge in [-0.1, -0.05) is 0 Å². The summed E-state index contributed by atoms with van der Waals surface area (Å²) in [6.45, 7) is 0.144. The Bertz CT molecular complexity index is 1190. The van der Waals surface area contributed by atoms with Crippen LogP contribution in [0.2, 0.25) is 0 Å². The van der Waals surface area contributed by atoms with Crippen molar-refractivity contribution in [2.24, 2.45) is 5.92 Å². The molecular weight excluding hydrogens is 508 g/mol. The molecule has 2 aromatic heterocycles. The van der Waals surface area contributed by atoms with E-state index in [0.717, 1.165) is 19.0 Å². The number of likely N-dealkylation sites (N-methyl/N-ethyl adjacent to an activating group) is 1. The number of aromatic amines is 1. The maximum absolute atomic E-state index is 14.3. The predicted molar refractivity (Wildman–Crippen MR) is 128 cm³/mol. The van der Waals surface area contributed by atoms with Crippen LogP contribution >= 0.6 is 0 Å². The van der Waals surface area contributed by atoms with Gasteiger partial charge in [0.25, 0.3) is 5.91 Å². The molecule has 0 saturated carbocycles. The summed E-state index contributed by atoms with van der Waals surface area (Å²) in [7, 11) is 2.85. The molecule has 9 nitrogen and oxygen atoms in total. The Morgan fingerprint density at radius 3 is 2.47 bits per heavy atom. The van der Waals surface area contributed by atoms with Gasteiger partial charge in [-0.15, -0.1) is 0 Å². The molecule has 3 fully saturated rings. The molecule has 3 aliphatic rings. The molecule has 0 spiro atoms. The second kappa shape index (κ2) is 10.2. The smallest absolute Gasteiger partial charge is 0.404 e. The SMILES string of the molecule is COc1cc(-c2cc(C(=O)N3C4CC[C@H]3CC(C(=O)N[C@@H]3CC[C@H](C(F)(F)F)N(C)C3)C4)n[nH]2)c(F)cn1. The first-order valence-corrected chi connectivity index (χ1v) is 12.7. The summed E-state index contributed by atoms with van der Waals surface area (Å²) in [6.07, 6.45) is -0.547. The summed E-state index contributed by atoms with van der Waals surface area (Å²) in [6, 6.07) is 0.806. The molecule has 0 aromatic carbocycles. The summed E-state index contributed by atoms with van der Waals surface area (Å²) in [5.74, 6) is -1.12. The quantitative estimate of drug-likeness (QED) is 0.567. The van der Waals surface area contributed by atoms with Crippen LogP contribution in [-0.4, -0.2) is 87.8 Å². The molecule has 5 rings (SSSR count). The van der Waals surface area contributed by atoms with E-state index < -0.39 is 18.0 Å². The van der Waals surface area contributed by atoms with E-state index in [1.807, 2.05) is 0 Å². The number of ether oxygens (including phenoxy) is 1. The molecule has 2 aromatic rings. The van der Waals surface area contributed by atoms with Gasteiger partial charge in [-0.3, -0.25) is 19.6 Å². The van der Waals surface area contributed by atoms with Crippen molar-refractivity contribution < 1.29 is 31.9 Å². The fraction of sp³-hybridized carbons (Fsp3) is 0.600. The van der Waals surface area contributed by atoms with Crippen LogP contribution in [-0.2, 0) is 4.79 Å². The number of aromatic nitrogens is 3. The molecule has 38 heavy (non-hydrogen) atoms. The van der Waals surface area contributed by atoms with Crippen LogP contribution in [0.5, 0.6) is 5.88 Å². The van der Waals surface area contributed by atoms with Gasteiger partial charge in [0, 0.05) is 42.2 Å². The van der Waals surface area contributed by atoms with Crippen molar-refractivity contribution in [2.75, 3.05) is 20.7 Å². The largest absolute Gasteiger partial charge is 0.481 e. The first kappa shape index (κ1) is 26.4. The van der Waals surface area contributed by atoms with Crippen LogP contribution in [0.15, 0.2) is 18.3 Å². The van der Waals surface area contributed by atoms with Gasteiger partial charge in [0.2, 0.25) is 11.8 Å². The van der Waals surface area contributed by atoms with Gasteiger partial charge < -0.3 is 15.0 Å². The molecule has 5 atom stereocenters. The van der Waals surface area contributed by atoms with Crippen molar-refractivity contribution in [1.29, 1.82) is 0 Å². The highest BCUT2D eigenvalue weighted by Crippen LogP contribution is 2.40. The van der Waals surface area contributed by atoms with E-state index in [0.29, 0.717) is 18.5 Å². The number of amides is 2. The van der Waals surface area contributed by atoms with E-state index in [1.165, 1.54) is 31.2 Å². The van der Waals surface area contributed by atoms with Crippen LogP contribution < -0.4 is 10.1 Å². The fourth-order valence-electron chi connectivity index (χ4n) is 6.16. The zero-order valence-corrected chi connectivity index (χ0v) is 21.1. The van der Waals surface area contributed by atoms with Crippen molar-refractivity contribution in [3.63, 3.8) is 0 Å². The average Bonchev–Trinajstić information content (AvgIpc) is 3.45. The number of halogens is 4. The van der Waals surface area contributed by atoms with E-state index in [2.05, 4.69) is 20.5 Å². The second-order valence-corrected chi connectivity index (χ2v) is 10.4. The fourth-order valence-corrected chi connectivity index (χ4v) is 6.16. The molecule has 0 aliphatic carbocycles. The van der Waals surface area contributed by atoms with E-state index >= 15 is 0 Å². The molecule has 5 heterocycles. The molecule has 3 aliphatic heterocycles. The second-order valence-electron chi connectivity index (χ2n) is 10.4. The molecule has 2 bridgehead atoms. The number of likely N-dealkylation sites (tertiary alicyclic amines) is 1. The zero-order valence-electron chi connectivity index (χ0n) is 21.1. The number of carbonyl (C=O) groups is 2. The minimum absolute atomic E-state index is 0.0506. The Hall–Kier alpha value is -3.22. The van der Waals surface area contributed by atoms with Crippen LogP contribution in [0.1, 0.15) is 49.0 Å². The number of nitrogens with zero attached hydrogens (tertiary/aromatic N) is 4. The van der Waals surface area contributed by atoms with Crippen LogP contribution in [0, 0.1) is 11.7 Å². The lowest BCUT2D eigenvalue weighted by molar-refractivity contribution is -0.188. The topological polar surface area (TPSA) is 103 Å². The number of H-pyrrole nitrogens is 1. The summed E-state index contributed by atoms with van der Waals surface area (Å²) in [5, 5.41) is 9.78. The number of piperidine rings is 2. The molecular formula is C25H30F4N6O3. The Labute approximate surface area is 216 Å². The van der Waals surface area contributed by atoms with Crippen molar-refractivity contribution in [2.45, 2.75) is 68.9 Å². The Morgan fingerprint density at radius 2 is 1.84 bits per heavy atom. The number of pyridine rings is 1. The van der Waals surface area contributed by atoms with Gasteiger partial charge in [0.1, 0.15) is 6.04 Å². The Kier molecular flexibility index (Phi) is 7.05. The third-order valence-corrected chi connectivity index (χ3v) is 8.02. The highest BCUT2D eigenvalue weighted by Gasteiger charge is 2.47. The lowest BCUT2D eigenvalue weighted by Gasteiger charge is -2.40. The van der Waals surface area contributed by atoms with Crippen molar-refractivity contribution in [1.82, 2.24) is 30.3 Å². The number of carbonyl (C=O) groups excluding carboxylic acids is 2. The molecule has 0 radical (unpaired) electrons. The molecule has 2 N–H and O–H groups in total. The minimum Gasteiger partial charge on any atom is -0.481 e. The van der Waals surface area contributed by atoms with Crippen molar-refractivity contribution >= 4 is 11.8 Å². The van der Waals surface area contributed by atoms with E-state index in [9.17, 15) is 27.2 Å². The number of methoxy groups -OCH3 is 1. The van der Waals surface area contributed by atoms with E-state index in [-0.39, 0.29) is 72.4 Å². The number of hydrogen-bond donors (Lipinski definition) is 2. The molecule has 13 heteroatoms. The summed E-state index contributed by atoms with van der Waals surface area (Å²) in [5.41, 5.74) is 0.648. The number of alkyl halides is 3. The van der Waals surface area contributed by atoms with Gasteiger partial charge in [-0.05, 0) is 51.6 Å². The average molecular weight is 539 g/mol. The van der Waals surface area contributed by atoms with Crippen LogP contribution in [0.25, 0.3) is 11.3 Å². The van der Waals surface area contributed by atoms with Gasteiger partial charge in [0.15, 0.2) is 11.5 Å². The monoisotopic (exact) mass is 538 g/mol. The molecule has 3 saturated heterocycles. The maximum Gasteiger partial charge on any atom is 0.404 e. The number of rotatable bonds is 5. The highest BCUT2D eigenvalue weighted by molar-refractivity contribution is 5.94. The first-order valence-electron chi connectivity index (χ1n) is 12.7. The molecule has 2 amide bonds. The van der Waals surface area contributed by atoms with Crippen LogP contribution in [0.3, 0.4) is 0 Å². The number of hydrogen-bond acceptors (Lipinski definition) is 6. The highest BCUT2D eigenvalue weighted by atomic mass is 19.4. The lowest BCUT2D eigenvalue weighted by Crippen LogP contribution is -2.56. The van der Waals surface area contributed by atoms with Crippen LogP contribution in [0.4, 0.5) is 17.6 Å². The Balaban J connectivity index is 1.21. The Morgan fingerprint density at radius 1 is 1.13 bits per heavy atom. The van der Waals surface area contributed by atoms with Crippen molar-refractivity contribution in [3.8, 4) is 17.1 Å². The van der Waals surface area contributed by atoms with Gasteiger partial charge in [-0.2, -0.15) is 18.3 Å². The molecule has 206 valence electrons. The standard InChI is InChI=1S/C25H30F4N6O3/c1-34-12-14(3-6-21(34)25(27,28)29)31-23(36)13-7-15-4-5-16(8-13)35(15)24(37)20-10-19(32-33-20)17-9-22(38-2)30-11-18(17)26/h9-11,13-16,21H,3-8,12H2,1-2H3,(H,31,36)(H,32,33)/t13?,14-,15+,16?,21-/m1/s1. The molecule has 2 unspecified atom stereocenters. The summed E-state index contributed by atoms with van der Waals surface area (Å²) < 4.78 is 58.8. The van der Waals surface area contributed by atoms with E-state index in [4.69, 9.17) is 4.74 Å². The third kappa shape index (κ3) is 5.07. The predicted octanol–water partition coefficient (Wildman–Crippen LogP) is 3.14. The van der Waals surface area contributed by atoms with Gasteiger partial charge >= 0.3 is 6.18 Å². The summed E-state index contributed by atoms with van der Waals surface area (Å²) in [4.78, 5) is 33.2. The normalized spacial score (nSPS) is 27.8. The summed E-state index contributed by atoms with van der Waals surface area (Å²) >= 11 is 0.